The van der Waals surface area contributed by atoms with Gasteiger partial charge in [-0.2, -0.15) is 0 Å². The smallest absolute Gasteiger partial charge is 0.223 e. The summed E-state index contributed by atoms with van der Waals surface area (Å²) in [7, 11) is -3.23. The molecule has 1 heterocycles. The van der Waals surface area contributed by atoms with Crippen molar-refractivity contribution in [2.24, 2.45) is 5.73 Å². The molecule has 0 fully saturated rings. The molecule has 0 aliphatic carbocycles. The first kappa shape index (κ1) is 27.2. The van der Waals surface area contributed by atoms with Crippen molar-refractivity contribution >= 4 is 79.2 Å². The van der Waals surface area contributed by atoms with E-state index in [0.29, 0.717) is 18.0 Å². The van der Waals surface area contributed by atoms with Crippen LogP contribution in [0.5, 0.6) is 0 Å². The summed E-state index contributed by atoms with van der Waals surface area (Å²) >= 11 is 6.29. The van der Waals surface area contributed by atoms with Crippen LogP contribution in [-0.2, 0) is 33.9 Å². The minimum atomic E-state index is -3.23. The van der Waals surface area contributed by atoms with Crippen molar-refractivity contribution in [2.45, 2.75) is 31.1 Å². The van der Waals surface area contributed by atoms with Gasteiger partial charge < -0.3 is 16.4 Å². The number of anilines is 2. The fraction of sp³-hybridized carbons (Fsp3) is 0.227. The van der Waals surface area contributed by atoms with Gasteiger partial charge in [0.1, 0.15) is 0 Å². The van der Waals surface area contributed by atoms with Gasteiger partial charge in [0.2, 0.25) is 5.91 Å². The molecular formula is C22H25IN4O3S3. The van der Waals surface area contributed by atoms with E-state index < -0.39 is 9.84 Å². The van der Waals surface area contributed by atoms with E-state index in [0.717, 1.165) is 33.8 Å². The molecule has 3 rings (SSSR count). The van der Waals surface area contributed by atoms with E-state index in [4.69, 9.17) is 18.0 Å². The molecule has 0 aliphatic heterocycles. The monoisotopic (exact) mass is 616 g/mol. The number of nitrogens with one attached hydrogen (secondary N) is 2. The molecule has 0 unspecified atom stereocenters. The average Bonchev–Trinajstić information content (AvgIpc) is 3.07. The molecule has 1 amide bonds. The molecular weight excluding hydrogens is 591 g/mol. The summed E-state index contributed by atoms with van der Waals surface area (Å²) in [6.07, 6.45) is 3.27. The highest BCUT2D eigenvalue weighted by Gasteiger charge is 2.14. The second-order valence-corrected chi connectivity index (χ2v) is 10.9. The number of aromatic nitrogens is 1. The second kappa shape index (κ2) is 11.9. The van der Waals surface area contributed by atoms with Gasteiger partial charge in [0.15, 0.2) is 20.1 Å². The van der Waals surface area contributed by atoms with Gasteiger partial charge >= 0.3 is 0 Å². The number of nitrogens with zero attached hydrogens (tertiary/aromatic N) is 1. The number of hydrogen-bond acceptors (Lipinski definition) is 6. The second-order valence-electron chi connectivity index (χ2n) is 7.35. The molecule has 7 nitrogen and oxygen atoms in total. The van der Waals surface area contributed by atoms with E-state index in [9.17, 15) is 13.2 Å². The number of halogens is 1. The van der Waals surface area contributed by atoms with Crippen LogP contribution in [0.2, 0.25) is 0 Å². The zero-order chi connectivity index (χ0) is 23.3. The Bertz CT molecular complexity index is 1220. The van der Waals surface area contributed by atoms with E-state index in [1.165, 1.54) is 24.5 Å². The van der Waals surface area contributed by atoms with E-state index in [-0.39, 0.29) is 39.9 Å². The number of thiocarbonyl (C=S) groups is 1. The van der Waals surface area contributed by atoms with Crippen LogP contribution >= 0.6 is 47.5 Å². The number of thiazole rings is 1. The molecule has 0 radical (unpaired) electrons. The Kier molecular flexibility index (Phi) is 9.76. The van der Waals surface area contributed by atoms with Gasteiger partial charge in [0, 0.05) is 30.2 Å². The number of carbonyl (C=O) groups is 1. The third-order valence-corrected chi connectivity index (χ3v) is 6.89. The van der Waals surface area contributed by atoms with Crippen LogP contribution < -0.4 is 16.4 Å². The lowest BCUT2D eigenvalue weighted by Crippen LogP contribution is -2.18. The standard InChI is InChI=1S/C22H24N4O3S3.HI/c1-14(27)24-22-26-19(12-7-15-3-8-17(9-4-15)25-21(23)30)20(31-22)13-16-5-10-18(11-6-16)32(2,28)29;/h3-6,8-11H,7,12-13H2,1-2H3,(H3,23,25,30)(H,24,26,27);1H. The first-order chi connectivity index (χ1) is 15.1. The van der Waals surface area contributed by atoms with E-state index in [1.54, 1.807) is 12.1 Å². The lowest BCUT2D eigenvalue weighted by atomic mass is 10.0. The average molecular weight is 617 g/mol. The Morgan fingerprint density at radius 1 is 1.03 bits per heavy atom. The van der Waals surface area contributed by atoms with Gasteiger partial charge in [-0.05, 0) is 60.5 Å². The number of amides is 1. The Morgan fingerprint density at radius 2 is 1.64 bits per heavy atom. The minimum absolute atomic E-state index is 0. The predicted molar refractivity (Wildman–Crippen MR) is 148 cm³/mol. The molecule has 0 saturated heterocycles. The fourth-order valence-corrected chi connectivity index (χ4v) is 4.96. The van der Waals surface area contributed by atoms with Crippen molar-refractivity contribution < 1.29 is 13.2 Å². The Labute approximate surface area is 220 Å². The number of benzene rings is 2. The molecule has 0 bridgehead atoms. The van der Waals surface area contributed by atoms with Gasteiger partial charge in [0.05, 0.1) is 10.6 Å². The van der Waals surface area contributed by atoms with Gasteiger partial charge in [-0.1, -0.05) is 24.3 Å². The van der Waals surface area contributed by atoms with Gasteiger partial charge in [-0.25, -0.2) is 13.4 Å². The SMILES string of the molecule is CC(=O)Nc1nc(CCc2ccc(NC(N)=S)cc2)c(Cc2ccc(S(C)(=O)=O)cc2)s1.I. The lowest BCUT2D eigenvalue weighted by Gasteiger charge is -2.06. The summed E-state index contributed by atoms with van der Waals surface area (Å²) in [6.45, 7) is 1.45. The molecule has 0 aliphatic rings. The van der Waals surface area contributed by atoms with E-state index in [2.05, 4.69) is 15.6 Å². The van der Waals surface area contributed by atoms with Crippen molar-refractivity contribution in [1.29, 1.82) is 0 Å². The molecule has 33 heavy (non-hydrogen) atoms. The van der Waals surface area contributed by atoms with Crippen molar-refractivity contribution in [1.82, 2.24) is 4.98 Å². The number of rotatable bonds is 8. The number of sulfone groups is 1. The van der Waals surface area contributed by atoms with Crippen LogP contribution in [0.1, 0.15) is 28.6 Å². The molecule has 3 aromatic rings. The fourth-order valence-electron chi connectivity index (χ4n) is 3.12. The summed E-state index contributed by atoms with van der Waals surface area (Å²) in [5.74, 6) is -0.171. The zero-order valence-corrected chi connectivity index (χ0v) is 22.9. The molecule has 0 atom stereocenters. The highest BCUT2D eigenvalue weighted by molar-refractivity contribution is 14.0. The van der Waals surface area contributed by atoms with Crippen LogP contribution in [0, 0.1) is 0 Å². The molecule has 0 spiro atoms. The Morgan fingerprint density at radius 3 is 2.18 bits per heavy atom. The summed E-state index contributed by atoms with van der Waals surface area (Å²) in [5.41, 5.74) is 9.36. The summed E-state index contributed by atoms with van der Waals surface area (Å²) in [4.78, 5) is 17.4. The van der Waals surface area contributed by atoms with Crippen molar-refractivity contribution in [3.05, 3.63) is 70.2 Å². The maximum absolute atomic E-state index is 11.7. The Hall–Kier alpha value is -2.09. The molecule has 0 saturated carbocycles. The topological polar surface area (TPSA) is 114 Å². The normalized spacial score (nSPS) is 10.8. The van der Waals surface area contributed by atoms with Crippen LogP contribution in [-0.4, -0.2) is 30.7 Å². The number of hydrogen-bond donors (Lipinski definition) is 3. The molecule has 4 N–H and O–H groups in total. The van der Waals surface area contributed by atoms with Crippen LogP contribution in [0.3, 0.4) is 0 Å². The third-order valence-electron chi connectivity index (χ3n) is 4.65. The van der Waals surface area contributed by atoms with Gasteiger partial charge in [-0.15, -0.1) is 35.3 Å². The maximum Gasteiger partial charge on any atom is 0.223 e. The predicted octanol–water partition coefficient (Wildman–Crippen LogP) is 4.15. The van der Waals surface area contributed by atoms with Crippen LogP contribution in [0.4, 0.5) is 10.8 Å². The van der Waals surface area contributed by atoms with Crippen LogP contribution in [0.25, 0.3) is 0 Å². The van der Waals surface area contributed by atoms with E-state index in [1.807, 2.05) is 36.4 Å². The highest BCUT2D eigenvalue weighted by Crippen LogP contribution is 2.27. The van der Waals surface area contributed by atoms with Crippen molar-refractivity contribution in [3.8, 4) is 0 Å². The molecule has 11 heteroatoms. The zero-order valence-electron chi connectivity index (χ0n) is 18.1. The number of nitrogens with two attached hydrogens (primary N) is 1. The van der Waals surface area contributed by atoms with Crippen molar-refractivity contribution in [3.63, 3.8) is 0 Å². The van der Waals surface area contributed by atoms with E-state index >= 15 is 0 Å². The Balaban J connectivity index is 0.00000385. The number of carbonyl (C=O) groups excluding carboxylic acids is 1. The van der Waals surface area contributed by atoms with Gasteiger partial charge in [0.25, 0.3) is 0 Å². The van der Waals surface area contributed by atoms with Crippen LogP contribution in [0.15, 0.2) is 53.4 Å². The summed E-state index contributed by atoms with van der Waals surface area (Å²) < 4.78 is 23.4. The summed E-state index contributed by atoms with van der Waals surface area (Å²) in [6, 6.07) is 14.7. The molecule has 176 valence electrons. The molecule has 1 aromatic heterocycles. The van der Waals surface area contributed by atoms with Gasteiger partial charge in [-0.3, -0.25) is 4.79 Å². The third kappa shape index (κ3) is 8.32. The maximum atomic E-state index is 11.7. The first-order valence-corrected chi connectivity index (χ1v) is 12.9. The minimum Gasteiger partial charge on any atom is -0.376 e. The van der Waals surface area contributed by atoms with Crippen molar-refractivity contribution in [2.75, 3.05) is 16.9 Å². The highest BCUT2D eigenvalue weighted by atomic mass is 127. The lowest BCUT2D eigenvalue weighted by molar-refractivity contribution is -0.114. The molecule has 2 aromatic carbocycles. The first-order valence-electron chi connectivity index (χ1n) is 9.81. The quantitative estimate of drug-likeness (QED) is 0.257. The summed E-state index contributed by atoms with van der Waals surface area (Å²) in [5, 5.41) is 6.44. The largest absolute Gasteiger partial charge is 0.376 e. The number of aryl methyl sites for hydroxylation is 2.